The number of carbonyl (C=O) groups excluding carboxylic acids is 1. The highest BCUT2D eigenvalue weighted by atomic mass is 19.1. The van der Waals surface area contributed by atoms with Crippen LogP contribution >= 0.6 is 0 Å². The molecule has 0 radical (unpaired) electrons. The average molecular weight is 367 g/mol. The van der Waals surface area contributed by atoms with Gasteiger partial charge in [-0.1, -0.05) is 6.07 Å². The lowest BCUT2D eigenvalue weighted by Gasteiger charge is -2.09. The summed E-state index contributed by atoms with van der Waals surface area (Å²) in [6.45, 7) is 1.54. The Kier molecular flexibility index (Phi) is 4.29. The van der Waals surface area contributed by atoms with Gasteiger partial charge in [0.15, 0.2) is 5.82 Å². The fourth-order valence-electron chi connectivity index (χ4n) is 3.09. The monoisotopic (exact) mass is 367 g/mol. The molecule has 1 amide bonds. The van der Waals surface area contributed by atoms with Crippen molar-refractivity contribution in [2.24, 2.45) is 0 Å². The largest absolute Gasteiger partial charge is 0.326 e. The first-order valence-electron chi connectivity index (χ1n) is 8.33. The molecule has 0 spiro atoms. The third-order valence-electron chi connectivity index (χ3n) is 4.45. The van der Waals surface area contributed by atoms with Crippen LogP contribution in [0.15, 0.2) is 53.5 Å². The van der Waals surface area contributed by atoms with E-state index in [0.29, 0.717) is 5.69 Å². The van der Waals surface area contributed by atoms with Gasteiger partial charge >= 0.3 is 0 Å². The molecule has 136 valence electrons. The lowest BCUT2D eigenvalue weighted by atomic mass is 10.0. The summed E-state index contributed by atoms with van der Waals surface area (Å²) in [5.41, 5.74) is 2.69. The van der Waals surface area contributed by atoms with E-state index >= 15 is 0 Å². The number of aromatic nitrogens is 1. The number of carbonyl (C=O) groups is 1. The second-order valence-electron chi connectivity index (χ2n) is 6.34. The van der Waals surface area contributed by atoms with E-state index in [0.717, 1.165) is 30.8 Å². The Hall–Kier alpha value is -3.32. The van der Waals surface area contributed by atoms with Crippen LogP contribution in [0.3, 0.4) is 0 Å². The Bertz CT molecular complexity index is 1110. The minimum atomic E-state index is -0.977. The van der Waals surface area contributed by atoms with E-state index in [1.807, 2.05) is 12.1 Å². The number of benzene rings is 2. The van der Waals surface area contributed by atoms with Crippen molar-refractivity contribution in [3.8, 4) is 11.1 Å². The highest BCUT2D eigenvalue weighted by Gasteiger charge is 2.14. The molecule has 2 heterocycles. The molecule has 3 N–H and O–H groups in total. The fraction of sp³-hybridized carbons (Fsp3) is 0.100. The first kappa shape index (κ1) is 17.1. The van der Waals surface area contributed by atoms with E-state index < -0.39 is 23.1 Å². The highest BCUT2D eigenvalue weighted by Crippen LogP contribution is 2.23. The van der Waals surface area contributed by atoms with Crippen molar-refractivity contribution in [2.75, 3.05) is 5.32 Å². The van der Waals surface area contributed by atoms with Crippen LogP contribution in [0.25, 0.3) is 11.1 Å². The number of H-pyrrole nitrogens is 1. The van der Waals surface area contributed by atoms with Crippen molar-refractivity contribution < 1.29 is 13.6 Å². The van der Waals surface area contributed by atoms with Crippen LogP contribution in [0.4, 0.5) is 14.5 Å². The molecule has 2 aromatic carbocycles. The van der Waals surface area contributed by atoms with Crippen molar-refractivity contribution in [3.63, 3.8) is 0 Å². The van der Waals surface area contributed by atoms with Gasteiger partial charge in [0.05, 0.1) is 0 Å². The lowest BCUT2D eigenvalue weighted by Crippen LogP contribution is -2.13. The number of hydrogen-bond acceptors (Lipinski definition) is 3. The zero-order chi connectivity index (χ0) is 19.0. The lowest BCUT2D eigenvalue weighted by molar-refractivity contribution is 0.102. The molecular weight excluding hydrogens is 352 g/mol. The zero-order valence-corrected chi connectivity index (χ0v) is 14.1. The van der Waals surface area contributed by atoms with Gasteiger partial charge in [-0.15, -0.1) is 0 Å². The van der Waals surface area contributed by atoms with Crippen molar-refractivity contribution in [1.29, 1.82) is 0 Å². The van der Waals surface area contributed by atoms with Crippen LogP contribution < -0.4 is 16.2 Å². The normalized spacial score (nSPS) is 12.7. The number of pyridine rings is 1. The highest BCUT2D eigenvalue weighted by molar-refractivity contribution is 6.05. The number of nitrogens with one attached hydrogen (secondary N) is 3. The van der Waals surface area contributed by atoms with E-state index in [9.17, 15) is 18.4 Å². The number of rotatable bonds is 3. The molecule has 0 unspecified atom stereocenters. The average Bonchev–Trinajstić information content (AvgIpc) is 3.11. The zero-order valence-electron chi connectivity index (χ0n) is 14.1. The number of fused-ring (bicyclic) bond motifs is 1. The molecule has 5 nitrogen and oxygen atoms in total. The number of halogens is 2. The Morgan fingerprint density at radius 2 is 1.78 bits per heavy atom. The second-order valence-corrected chi connectivity index (χ2v) is 6.34. The number of anilines is 1. The van der Waals surface area contributed by atoms with Crippen LogP contribution in [0.1, 0.15) is 21.5 Å². The van der Waals surface area contributed by atoms with Crippen molar-refractivity contribution >= 4 is 11.6 Å². The van der Waals surface area contributed by atoms with Crippen LogP contribution in [-0.4, -0.2) is 10.9 Å². The Balaban J connectivity index is 1.63. The quantitative estimate of drug-likeness (QED) is 0.666. The summed E-state index contributed by atoms with van der Waals surface area (Å²) in [6.07, 6.45) is 1.27. The van der Waals surface area contributed by atoms with Crippen molar-refractivity contribution in [1.82, 2.24) is 10.3 Å². The summed E-state index contributed by atoms with van der Waals surface area (Å²) in [4.78, 5) is 25.9. The van der Waals surface area contributed by atoms with Gasteiger partial charge in [0.1, 0.15) is 5.82 Å². The molecule has 0 saturated heterocycles. The maximum atomic E-state index is 14.0. The summed E-state index contributed by atoms with van der Waals surface area (Å²) >= 11 is 0. The molecule has 0 aliphatic carbocycles. The topological polar surface area (TPSA) is 74.0 Å². The molecule has 27 heavy (non-hydrogen) atoms. The number of hydrogen-bond donors (Lipinski definition) is 3. The van der Waals surface area contributed by atoms with E-state index in [4.69, 9.17) is 0 Å². The summed E-state index contributed by atoms with van der Waals surface area (Å²) < 4.78 is 27.5. The molecule has 3 aromatic rings. The van der Waals surface area contributed by atoms with Gasteiger partial charge in [-0.25, -0.2) is 8.78 Å². The summed E-state index contributed by atoms with van der Waals surface area (Å²) in [7, 11) is 0. The minimum Gasteiger partial charge on any atom is -0.326 e. The van der Waals surface area contributed by atoms with Gasteiger partial charge in [0.2, 0.25) is 0 Å². The Labute approximate surface area is 153 Å². The maximum Gasteiger partial charge on any atom is 0.283 e. The van der Waals surface area contributed by atoms with E-state index in [2.05, 4.69) is 15.6 Å². The van der Waals surface area contributed by atoms with Crippen LogP contribution in [0, 0.1) is 11.6 Å². The summed E-state index contributed by atoms with van der Waals surface area (Å²) in [5.74, 6) is -2.09. The third kappa shape index (κ3) is 3.50. The van der Waals surface area contributed by atoms with Gasteiger partial charge in [-0.2, -0.15) is 0 Å². The Morgan fingerprint density at radius 3 is 2.59 bits per heavy atom. The van der Waals surface area contributed by atoms with E-state index in [-0.39, 0.29) is 16.7 Å². The van der Waals surface area contributed by atoms with Crippen molar-refractivity contribution in [3.05, 3.63) is 87.3 Å². The minimum absolute atomic E-state index is 0.0928. The molecule has 0 bridgehead atoms. The first-order chi connectivity index (χ1) is 13.0. The molecule has 1 aliphatic heterocycles. The third-order valence-corrected chi connectivity index (χ3v) is 4.45. The fourth-order valence-corrected chi connectivity index (χ4v) is 3.09. The Morgan fingerprint density at radius 1 is 0.963 bits per heavy atom. The smallest absolute Gasteiger partial charge is 0.283 e. The van der Waals surface area contributed by atoms with Crippen LogP contribution in [0.5, 0.6) is 0 Å². The van der Waals surface area contributed by atoms with E-state index in [1.165, 1.54) is 23.9 Å². The predicted molar refractivity (Wildman–Crippen MR) is 97.4 cm³/mol. The van der Waals surface area contributed by atoms with Crippen molar-refractivity contribution in [2.45, 2.75) is 13.1 Å². The molecular formula is C20H15F2N3O2. The molecule has 4 rings (SSSR count). The SMILES string of the molecule is O=C(Nc1ccc2c(c1)CNC2)c1cc(F)cc(-c2c[nH]c(=O)c(F)c2)c1. The van der Waals surface area contributed by atoms with Gasteiger partial charge in [-0.05, 0) is 53.1 Å². The first-order valence-corrected chi connectivity index (χ1v) is 8.33. The van der Waals surface area contributed by atoms with Crippen LogP contribution in [0.2, 0.25) is 0 Å². The predicted octanol–water partition coefficient (Wildman–Crippen LogP) is 3.18. The molecule has 7 heteroatoms. The number of aromatic amines is 1. The molecule has 1 aliphatic rings. The van der Waals surface area contributed by atoms with Crippen LogP contribution in [-0.2, 0) is 13.1 Å². The van der Waals surface area contributed by atoms with Gasteiger partial charge in [0.25, 0.3) is 11.5 Å². The van der Waals surface area contributed by atoms with Gasteiger partial charge < -0.3 is 15.6 Å². The maximum absolute atomic E-state index is 14.0. The number of amides is 1. The molecule has 1 aromatic heterocycles. The molecule has 0 fully saturated rings. The molecule has 0 saturated carbocycles. The molecule has 0 atom stereocenters. The van der Waals surface area contributed by atoms with Gasteiger partial charge in [0, 0.05) is 36.1 Å². The van der Waals surface area contributed by atoms with E-state index in [1.54, 1.807) is 6.07 Å². The summed E-state index contributed by atoms with van der Waals surface area (Å²) in [5, 5.41) is 5.97. The standard InChI is InChI=1S/C20H15F2N3O2/c21-16-4-12(15-7-18(22)20(27)24-10-15)3-13(5-16)19(26)25-17-2-1-11-8-23-9-14(11)6-17/h1-7,10,23H,8-9H2,(H,24,27)(H,25,26). The second kappa shape index (κ2) is 6.77. The van der Waals surface area contributed by atoms with Gasteiger partial charge in [-0.3, -0.25) is 9.59 Å². The summed E-state index contributed by atoms with van der Waals surface area (Å²) in [6, 6.07) is 10.3.